The van der Waals surface area contributed by atoms with E-state index in [0.717, 1.165) is 10.4 Å². The molecule has 1 heterocycles. The zero-order valence-electron chi connectivity index (χ0n) is 7.12. The summed E-state index contributed by atoms with van der Waals surface area (Å²) >= 11 is 7.50. The van der Waals surface area contributed by atoms with Gasteiger partial charge in [-0.25, -0.2) is 4.98 Å². The summed E-state index contributed by atoms with van der Waals surface area (Å²) in [5.74, 6) is 0. The van der Waals surface area contributed by atoms with Crippen LogP contribution in [-0.2, 0) is 0 Å². The lowest BCUT2D eigenvalue weighted by molar-refractivity contribution is 1.18. The largest absolute Gasteiger partial charge is 0.229 e. The maximum atomic E-state index is 5.88. The molecule has 0 aliphatic carbocycles. The molecule has 0 unspecified atom stereocenters. The first-order valence-corrected chi connectivity index (χ1v) is 5.51. The van der Waals surface area contributed by atoms with Crippen LogP contribution >= 0.6 is 23.4 Å². The molecule has 13 heavy (non-hydrogen) atoms. The Labute approximate surface area is 86.1 Å². The van der Waals surface area contributed by atoms with Crippen LogP contribution in [0.1, 0.15) is 0 Å². The molecular weight excluding hydrogens is 202 g/mol. The van der Waals surface area contributed by atoms with E-state index in [1.165, 1.54) is 5.39 Å². The van der Waals surface area contributed by atoms with Crippen molar-refractivity contribution in [3.8, 4) is 0 Å². The van der Waals surface area contributed by atoms with Crippen molar-refractivity contribution in [1.29, 1.82) is 0 Å². The van der Waals surface area contributed by atoms with Gasteiger partial charge in [-0.05, 0) is 17.7 Å². The molecule has 1 aromatic heterocycles. The van der Waals surface area contributed by atoms with Gasteiger partial charge in [0, 0.05) is 5.39 Å². The van der Waals surface area contributed by atoms with Crippen LogP contribution in [0.15, 0.2) is 35.4 Å². The van der Waals surface area contributed by atoms with Crippen LogP contribution < -0.4 is 0 Å². The number of nitrogens with zero attached hydrogens (tertiary/aromatic N) is 1. The Bertz CT molecular complexity index is 442. The molecule has 0 fully saturated rings. The summed E-state index contributed by atoms with van der Waals surface area (Å²) in [5.41, 5.74) is 0. The number of halogens is 1. The molecule has 0 spiro atoms. The van der Waals surface area contributed by atoms with Crippen LogP contribution in [0.4, 0.5) is 0 Å². The third-order valence-corrected chi connectivity index (χ3v) is 2.76. The van der Waals surface area contributed by atoms with Crippen LogP contribution in [0.5, 0.6) is 0 Å². The van der Waals surface area contributed by atoms with E-state index in [2.05, 4.69) is 11.1 Å². The Morgan fingerprint density at radius 3 is 2.85 bits per heavy atom. The van der Waals surface area contributed by atoms with Crippen LogP contribution in [-0.4, -0.2) is 11.2 Å². The average molecular weight is 210 g/mol. The number of pyridine rings is 1. The van der Waals surface area contributed by atoms with Gasteiger partial charge >= 0.3 is 0 Å². The minimum Gasteiger partial charge on any atom is -0.229 e. The maximum Gasteiger partial charge on any atom is 0.131 e. The van der Waals surface area contributed by atoms with Gasteiger partial charge in [-0.3, -0.25) is 0 Å². The second-order valence-corrected chi connectivity index (χ2v) is 3.86. The highest BCUT2D eigenvalue weighted by Gasteiger charge is 2.02. The molecule has 2 rings (SSSR count). The first-order chi connectivity index (χ1) is 6.31. The second kappa shape index (κ2) is 3.56. The monoisotopic (exact) mass is 209 g/mol. The lowest BCUT2D eigenvalue weighted by Crippen LogP contribution is -1.83. The third kappa shape index (κ3) is 1.64. The highest BCUT2D eigenvalue weighted by Crippen LogP contribution is 2.26. The van der Waals surface area contributed by atoms with Crippen molar-refractivity contribution in [2.75, 3.05) is 6.26 Å². The molecule has 3 heteroatoms. The summed E-state index contributed by atoms with van der Waals surface area (Å²) in [5, 5.41) is 3.86. The molecule has 0 saturated heterocycles. The molecule has 0 N–H and O–H groups in total. The number of fused-ring (bicyclic) bond motifs is 1. The van der Waals surface area contributed by atoms with E-state index in [4.69, 9.17) is 11.6 Å². The van der Waals surface area contributed by atoms with Crippen LogP contribution in [0, 0.1) is 0 Å². The van der Waals surface area contributed by atoms with E-state index in [9.17, 15) is 0 Å². The van der Waals surface area contributed by atoms with Gasteiger partial charge in [-0.1, -0.05) is 35.9 Å². The number of thioether (sulfide) groups is 1. The van der Waals surface area contributed by atoms with Crippen LogP contribution in [0.3, 0.4) is 0 Å². The minimum absolute atomic E-state index is 0.558. The van der Waals surface area contributed by atoms with E-state index in [-0.39, 0.29) is 0 Å². The van der Waals surface area contributed by atoms with Gasteiger partial charge in [0.25, 0.3) is 0 Å². The van der Waals surface area contributed by atoms with E-state index in [1.54, 1.807) is 11.8 Å². The summed E-state index contributed by atoms with van der Waals surface area (Å²) in [6.07, 6.45) is 2.01. The summed E-state index contributed by atoms with van der Waals surface area (Å²) in [7, 11) is 0. The molecular formula is C10H8ClNS. The van der Waals surface area contributed by atoms with Crippen molar-refractivity contribution in [1.82, 2.24) is 4.98 Å². The molecule has 0 saturated carbocycles. The van der Waals surface area contributed by atoms with Gasteiger partial charge < -0.3 is 0 Å². The van der Waals surface area contributed by atoms with Crippen molar-refractivity contribution in [2.45, 2.75) is 5.03 Å². The molecule has 66 valence electrons. The Morgan fingerprint density at radius 2 is 2.08 bits per heavy atom. The molecule has 2 aromatic rings. The van der Waals surface area contributed by atoms with Gasteiger partial charge in [0.2, 0.25) is 0 Å². The van der Waals surface area contributed by atoms with Gasteiger partial charge in [0.05, 0.1) is 0 Å². The molecule has 0 aliphatic rings. The van der Waals surface area contributed by atoms with E-state index >= 15 is 0 Å². The maximum absolute atomic E-state index is 5.88. The molecule has 0 aliphatic heterocycles. The summed E-state index contributed by atoms with van der Waals surface area (Å²) in [6.45, 7) is 0. The van der Waals surface area contributed by atoms with Crippen molar-refractivity contribution >= 4 is 34.1 Å². The fourth-order valence-electron chi connectivity index (χ4n) is 1.29. The first-order valence-electron chi connectivity index (χ1n) is 3.90. The Morgan fingerprint density at radius 1 is 1.31 bits per heavy atom. The molecule has 0 atom stereocenters. The predicted molar refractivity (Wildman–Crippen MR) is 58.5 cm³/mol. The SMILES string of the molecule is CSc1nc(Cl)cc2ccccc12. The highest BCUT2D eigenvalue weighted by molar-refractivity contribution is 7.98. The third-order valence-electron chi connectivity index (χ3n) is 1.87. The van der Waals surface area contributed by atoms with Crippen molar-refractivity contribution in [3.63, 3.8) is 0 Å². The van der Waals surface area contributed by atoms with Gasteiger partial charge in [-0.2, -0.15) is 0 Å². The van der Waals surface area contributed by atoms with E-state index < -0.39 is 0 Å². The van der Waals surface area contributed by atoms with Crippen LogP contribution in [0.25, 0.3) is 10.8 Å². The fourth-order valence-corrected chi connectivity index (χ4v) is 2.14. The summed E-state index contributed by atoms with van der Waals surface area (Å²) < 4.78 is 0. The lowest BCUT2D eigenvalue weighted by Gasteiger charge is -2.02. The van der Waals surface area contributed by atoms with Gasteiger partial charge in [-0.15, -0.1) is 11.8 Å². The number of hydrogen-bond acceptors (Lipinski definition) is 2. The van der Waals surface area contributed by atoms with E-state index in [1.807, 2.05) is 30.5 Å². The quantitative estimate of drug-likeness (QED) is 0.526. The molecule has 0 bridgehead atoms. The normalized spacial score (nSPS) is 10.6. The molecule has 1 aromatic carbocycles. The Kier molecular flexibility index (Phi) is 2.42. The lowest BCUT2D eigenvalue weighted by atomic mass is 10.2. The smallest absolute Gasteiger partial charge is 0.131 e. The minimum atomic E-state index is 0.558. The fraction of sp³-hybridized carbons (Fsp3) is 0.100. The average Bonchev–Trinajstić information content (AvgIpc) is 2.16. The van der Waals surface area contributed by atoms with Crippen LogP contribution in [0.2, 0.25) is 5.15 Å². The van der Waals surface area contributed by atoms with Gasteiger partial charge in [0.15, 0.2) is 0 Å². The van der Waals surface area contributed by atoms with Crippen molar-refractivity contribution < 1.29 is 0 Å². The summed E-state index contributed by atoms with van der Waals surface area (Å²) in [4.78, 5) is 4.25. The van der Waals surface area contributed by atoms with Crippen molar-refractivity contribution in [3.05, 3.63) is 35.5 Å². The zero-order valence-corrected chi connectivity index (χ0v) is 8.69. The standard InChI is InChI=1S/C10H8ClNS/c1-13-10-8-5-3-2-4-7(8)6-9(11)12-10/h2-6H,1H3. The Balaban J connectivity index is 2.81. The highest BCUT2D eigenvalue weighted by atomic mass is 35.5. The summed E-state index contributed by atoms with van der Waals surface area (Å²) in [6, 6.07) is 10.0. The molecule has 0 amide bonds. The second-order valence-electron chi connectivity index (χ2n) is 2.68. The number of hydrogen-bond donors (Lipinski definition) is 0. The predicted octanol–water partition coefficient (Wildman–Crippen LogP) is 3.61. The zero-order chi connectivity index (χ0) is 9.26. The Hall–Kier alpha value is -0.730. The number of benzene rings is 1. The number of aromatic nitrogens is 1. The van der Waals surface area contributed by atoms with E-state index in [0.29, 0.717) is 5.15 Å². The number of rotatable bonds is 1. The molecule has 1 nitrogen and oxygen atoms in total. The first kappa shape index (κ1) is 8.85. The topological polar surface area (TPSA) is 12.9 Å². The van der Waals surface area contributed by atoms with Gasteiger partial charge in [0.1, 0.15) is 10.2 Å². The van der Waals surface area contributed by atoms with Crippen molar-refractivity contribution in [2.24, 2.45) is 0 Å². The molecule has 0 radical (unpaired) electrons.